The molecule has 0 atom stereocenters. The monoisotopic (exact) mass is 310 g/mol. The van der Waals surface area contributed by atoms with Crippen molar-refractivity contribution in [2.75, 3.05) is 18.2 Å². The second-order valence-corrected chi connectivity index (χ2v) is 4.73. The number of ether oxygens (including phenoxy) is 1. The van der Waals surface area contributed by atoms with E-state index in [-0.39, 0.29) is 5.56 Å². The number of rotatable bonds is 4. The zero-order valence-electron chi connectivity index (χ0n) is 12.3. The molecule has 0 fully saturated rings. The van der Waals surface area contributed by atoms with Crippen LogP contribution in [0.25, 0.3) is 5.65 Å². The molecule has 0 unspecified atom stereocenters. The van der Waals surface area contributed by atoms with E-state index in [0.717, 1.165) is 6.21 Å². The van der Waals surface area contributed by atoms with Crippen molar-refractivity contribution in [1.82, 2.24) is 14.6 Å². The molecular weight excluding hydrogens is 296 g/mol. The zero-order chi connectivity index (χ0) is 16.4. The number of methoxy groups -OCH3 is 1. The molecule has 0 bridgehead atoms. The van der Waals surface area contributed by atoms with Crippen LogP contribution in [-0.2, 0) is 0 Å². The van der Waals surface area contributed by atoms with Crippen LogP contribution in [0.15, 0.2) is 36.8 Å². The van der Waals surface area contributed by atoms with E-state index in [2.05, 4.69) is 15.4 Å². The molecular formula is C15H14N6O2. The van der Waals surface area contributed by atoms with E-state index in [9.17, 15) is 4.79 Å². The summed E-state index contributed by atoms with van der Waals surface area (Å²) in [5, 5.41) is 14.2. The summed E-state index contributed by atoms with van der Waals surface area (Å²) in [6.07, 6.45) is 5.95. The van der Waals surface area contributed by atoms with Crippen LogP contribution >= 0.6 is 0 Å². The van der Waals surface area contributed by atoms with E-state index in [0.29, 0.717) is 28.3 Å². The molecule has 3 rings (SSSR count). The summed E-state index contributed by atoms with van der Waals surface area (Å²) in [5.41, 5.74) is 7.89. The third-order valence-corrected chi connectivity index (χ3v) is 3.33. The highest BCUT2D eigenvalue weighted by Gasteiger charge is 2.17. The lowest BCUT2D eigenvalue weighted by molar-refractivity contribution is 0.102. The van der Waals surface area contributed by atoms with Crippen molar-refractivity contribution in [2.45, 2.75) is 0 Å². The summed E-state index contributed by atoms with van der Waals surface area (Å²) in [6, 6.07) is 4.77. The Morgan fingerprint density at radius 1 is 1.48 bits per heavy atom. The fourth-order valence-corrected chi connectivity index (χ4v) is 2.19. The Hall–Kier alpha value is -3.42. The second kappa shape index (κ2) is 5.76. The van der Waals surface area contributed by atoms with Crippen LogP contribution in [0.2, 0.25) is 0 Å². The summed E-state index contributed by atoms with van der Waals surface area (Å²) in [6.45, 7) is 0. The van der Waals surface area contributed by atoms with Gasteiger partial charge in [0.15, 0.2) is 5.65 Å². The molecule has 0 aliphatic carbocycles. The Morgan fingerprint density at radius 3 is 3.04 bits per heavy atom. The number of aromatic nitrogens is 3. The topological polar surface area (TPSA) is 118 Å². The molecule has 0 aliphatic rings. The number of nitrogen functional groups attached to an aromatic ring is 1. The average molecular weight is 310 g/mol. The first-order valence-electron chi connectivity index (χ1n) is 6.71. The molecule has 2 aromatic heterocycles. The summed E-state index contributed by atoms with van der Waals surface area (Å²) >= 11 is 0. The van der Waals surface area contributed by atoms with Gasteiger partial charge < -0.3 is 21.2 Å². The van der Waals surface area contributed by atoms with Gasteiger partial charge in [-0.25, -0.2) is 9.50 Å². The number of carbonyl (C=O) groups is 1. The van der Waals surface area contributed by atoms with Crippen molar-refractivity contribution < 1.29 is 9.53 Å². The van der Waals surface area contributed by atoms with Crippen LogP contribution in [-0.4, -0.2) is 33.8 Å². The van der Waals surface area contributed by atoms with Gasteiger partial charge in [0.25, 0.3) is 5.91 Å². The zero-order valence-corrected chi connectivity index (χ0v) is 12.3. The van der Waals surface area contributed by atoms with E-state index in [1.54, 1.807) is 23.0 Å². The van der Waals surface area contributed by atoms with Gasteiger partial charge in [0.05, 0.1) is 18.9 Å². The van der Waals surface area contributed by atoms with Crippen molar-refractivity contribution in [2.24, 2.45) is 0 Å². The first-order valence-corrected chi connectivity index (χ1v) is 6.71. The third-order valence-electron chi connectivity index (χ3n) is 3.33. The summed E-state index contributed by atoms with van der Waals surface area (Å²) < 4.78 is 6.76. The smallest absolute Gasteiger partial charge is 0.259 e. The number of anilines is 2. The minimum absolute atomic E-state index is 0.274. The molecule has 8 heteroatoms. The van der Waals surface area contributed by atoms with Crippen LogP contribution in [0.5, 0.6) is 5.75 Å². The number of nitrogens with two attached hydrogens (primary N) is 1. The number of benzene rings is 1. The quantitative estimate of drug-likeness (QED) is 0.499. The van der Waals surface area contributed by atoms with E-state index >= 15 is 0 Å². The molecule has 8 nitrogen and oxygen atoms in total. The van der Waals surface area contributed by atoms with Gasteiger partial charge in [0.2, 0.25) is 0 Å². The lowest BCUT2D eigenvalue weighted by atomic mass is 10.1. The van der Waals surface area contributed by atoms with Gasteiger partial charge in [-0.1, -0.05) is 0 Å². The standard InChI is InChI=1S/C15H14N6O2/c1-23-13-6-11(17)9(7-16)5-10(13)15(22)20-12-8-19-21-4-2-3-18-14(12)21/h2-8,16H,17H2,1H3,(H,20,22). The van der Waals surface area contributed by atoms with Crippen molar-refractivity contribution >= 4 is 29.1 Å². The third kappa shape index (κ3) is 2.57. The maximum Gasteiger partial charge on any atom is 0.259 e. The molecule has 0 spiro atoms. The van der Waals surface area contributed by atoms with Gasteiger partial charge in [-0.15, -0.1) is 0 Å². The maximum atomic E-state index is 12.5. The molecule has 2 heterocycles. The first kappa shape index (κ1) is 14.5. The first-order chi connectivity index (χ1) is 11.1. The van der Waals surface area contributed by atoms with Crippen molar-refractivity contribution in [3.63, 3.8) is 0 Å². The number of fused-ring (bicyclic) bond motifs is 1. The molecule has 1 amide bonds. The van der Waals surface area contributed by atoms with Crippen LogP contribution in [0, 0.1) is 5.41 Å². The molecule has 4 N–H and O–H groups in total. The molecule has 0 radical (unpaired) electrons. The predicted octanol–water partition coefficient (Wildman–Crippen LogP) is 1.57. The number of nitrogens with one attached hydrogen (secondary N) is 2. The molecule has 0 aliphatic heterocycles. The van der Waals surface area contributed by atoms with Gasteiger partial charge in [-0.2, -0.15) is 5.10 Å². The maximum absolute atomic E-state index is 12.5. The molecule has 0 saturated carbocycles. The van der Waals surface area contributed by atoms with E-state index < -0.39 is 5.91 Å². The second-order valence-electron chi connectivity index (χ2n) is 4.73. The predicted molar refractivity (Wildman–Crippen MR) is 86.2 cm³/mol. The minimum Gasteiger partial charge on any atom is -0.496 e. The number of nitrogens with zero attached hydrogens (tertiary/aromatic N) is 3. The SMILES string of the molecule is COc1cc(N)c(C=N)cc1C(=O)Nc1cnn2cccnc12. The largest absolute Gasteiger partial charge is 0.496 e. The number of carbonyl (C=O) groups excluding carboxylic acids is 1. The molecule has 0 saturated heterocycles. The van der Waals surface area contributed by atoms with Crippen LogP contribution in [0.1, 0.15) is 15.9 Å². The van der Waals surface area contributed by atoms with Crippen LogP contribution in [0.3, 0.4) is 0 Å². The summed E-state index contributed by atoms with van der Waals surface area (Å²) in [4.78, 5) is 16.7. The molecule has 3 aromatic rings. The average Bonchev–Trinajstić information content (AvgIpc) is 2.97. The van der Waals surface area contributed by atoms with Gasteiger partial charge >= 0.3 is 0 Å². The van der Waals surface area contributed by atoms with Crippen molar-refractivity contribution in [3.8, 4) is 5.75 Å². The van der Waals surface area contributed by atoms with Gasteiger partial charge in [0.1, 0.15) is 11.4 Å². The number of amides is 1. The highest BCUT2D eigenvalue weighted by molar-refractivity contribution is 6.09. The molecule has 1 aromatic carbocycles. The van der Waals surface area contributed by atoms with Crippen molar-refractivity contribution in [1.29, 1.82) is 5.41 Å². The fourth-order valence-electron chi connectivity index (χ4n) is 2.19. The Kier molecular flexibility index (Phi) is 3.63. The van der Waals surface area contributed by atoms with E-state index in [4.69, 9.17) is 15.9 Å². The molecule has 116 valence electrons. The van der Waals surface area contributed by atoms with Crippen molar-refractivity contribution in [3.05, 3.63) is 47.9 Å². The highest BCUT2D eigenvalue weighted by atomic mass is 16.5. The highest BCUT2D eigenvalue weighted by Crippen LogP contribution is 2.26. The summed E-state index contributed by atoms with van der Waals surface area (Å²) in [5.74, 6) is -0.0689. The Morgan fingerprint density at radius 2 is 2.30 bits per heavy atom. The molecule has 23 heavy (non-hydrogen) atoms. The van der Waals surface area contributed by atoms with E-state index in [1.807, 2.05) is 0 Å². The fraction of sp³-hybridized carbons (Fsp3) is 0.0667. The Balaban J connectivity index is 1.98. The van der Waals surface area contributed by atoms with Crippen LogP contribution in [0.4, 0.5) is 11.4 Å². The van der Waals surface area contributed by atoms with Gasteiger partial charge in [-0.05, 0) is 12.1 Å². The van der Waals surface area contributed by atoms with Gasteiger partial charge in [-0.3, -0.25) is 4.79 Å². The van der Waals surface area contributed by atoms with Gasteiger partial charge in [0, 0.05) is 35.9 Å². The normalized spacial score (nSPS) is 10.5. The van der Waals surface area contributed by atoms with E-state index in [1.165, 1.54) is 25.4 Å². The lowest BCUT2D eigenvalue weighted by Gasteiger charge is -2.11. The minimum atomic E-state index is -0.398. The lowest BCUT2D eigenvalue weighted by Crippen LogP contribution is -2.14. The van der Waals surface area contributed by atoms with Crippen LogP contribution < -0.4 is 15.8 Å². The number of hydrogen-bond donors (Lipinski definition) is 3. The summed E-state index contributed by atoms with van der Waals surface area (Å²) in [7, 11) is 1.45. The Labute approximate surface area is 131 Å². The Bertz CT molecular complexity index is 902. The number of hydrogen-bond acceptors (Lipinski definition) is 6.